The van der Waals surface area contributed by atoms with Crippen LogP contribution in [0, 0.1) is 26.6 Å². The van der Waals surface area contributed by atoms with E-state index >= 15 is 0 Å². The van der Waals surface area contributed by atoms with Crippen LogP contribution in [0.4, 0.5) is 10.1 Å². The third kappa shape index (κ3) is 3.96. The lowest BCUT2D eigenvalue weighted by Crippen LogP contribution is -2.12. The van der Waals surface area contributed by atoms with E-state index in [1.807, 2.05) is 25.3 Å². The second-order valence-electron chi connectivity index (χ2n) is 7.66. The summed E-state index contributed by atoms with van der Waals surface area (Å²) in [5.74, 6) is 0.0176. The number of pyridine rings is 1. The fourth-order valence-electron chi connectivity index (χ4n) is 3.53. The van der Waals surface area contributed by atoms with Crippen LogP contribution in [-0.2, 0) is 0 Å². The summed E-state index contributed by atoms with van der Waals surface area (Å²) in [6.07, 6.45) is 7.04. The van der Waals surface area contributed by atoms with Gasteiger partial charge in [-0.2, -0.15) is 0 Å². The van der Waals surface area contributed by atoms with Crippen LogP contribution in [-0.4, -0.2) is 30.2 Å². The Morgan fingerprint density at radius 2 is 1.82 bits per heavy atom. The van der Waals surface area contributed by atoms with Crippen molar-refractivity contribution >= 4 is 17.4 Å². The van der Waals surface area contributed by atoms with Crippen molar-refractivity contribution in [1.29, 1.82) is 0 Å². The number of carbonyl (C=O) groups is 1. The van der Waals surface area contributed by atoms with Crippen LogP contribution >= 0.6 is 0 Å². The molecule has 0 aliphatic heterocycles. The average Bonchev–Trinajstić information content (AvgIpc) is 3.37. The fourth-order valence-corrected chi connectivity index (χ4v) is 3.53. The van der Waals surface area contributed by atoms with Crippen LogP contribution in [0.15, 0.2) is 59.5 Å². The summed E-state index contributed by atoms with van der Waals surface area (Å²) in [7, 11) is 0. The molecule has 4 heterocycles. The van der Waals surface area contributed by atoms with Gasteiger partial charge in [-0.3, -0.25) is 14.2 Å². The molecule has 0 aliphatic rings. The van der Waals surface area contributed by atoms with E-state index in [0.29, 0.717) is 28.7 Å². The number of nitrogens with one attached hydrogen (secondary N) is 1. The van der Waals surface area contributed by atoms with Gasteiger partial charge in [0.05, 0.1) is 11.4 Å². The summed E-state index contributed by atoms with van der Waals surface area (Å²) in [6.45, 7) is 5.27. The molecule has 0 unspecified atom stereocenters. The molecule has 5 rings (SSSR count). The topological polar surface area (TPSA) is 98.2 Å². The molecule has 33 heavy (non-hydrogen) atoms. The molecule has 5 aromatic rings. The minimum Gasteiger partial charge on any atom is -0.436 e. The number of amides is 1. The second-order valence-corrected chi connectivity index (χ2v) is 7.66. The number of imidazole rings is 1. The molecular weight excluding hydrogens is 423 g/mol. The number of nitrogens with zero attached hydrogens (tertiary/aromatic N) is 5. The lowest BCUT2D eigenvalue weighted by atomic mass is 10.1. The molecule has 0 spiro atoms. The number of aromatic nitrogens is 5. The zero-order chi connectivity index (χ0) is 23.1. The van der Waals surface area contributed by atoms with Gasteiger partial charge in [-0.15, -0.1) is 0 Å². The molecule has 1 N–H and O–H groups in total. The van der Waals surface area contributed by atoms with Crippen molar-refractivity contribution in [3.8, 4) is 22.4 Å². The maximum absolute atomic E-state index is 14.7. The first-order valence-corrected chi connectivity index (χ1v) is 10.2. The Kier molecular flexibility index (Phi) is 4.93. The molecule has 0 radical (unpaired) electrons. The Hall–Kier alpha value is -4.40. The fraction of sp³-hybridized carbons (Fsp3) is 0.125. The van der Waals surface area contributed by atoms with Crippen molar-refractivity contribution in [2.24, 2.45) is 0 Å². The molecule has 0 saturated carbocycles. The smallest absolute Gasteiger partial charge is 0.293 e. The summed E-state index contributed by atoms with van der Waals surface area (Å²) in [4.78, 5) is 29.8. The molecule has 0 bridgehead atoms. The van der Waals surface area contributed by atoms with Gasteiger partial charge in [0.25, 0.3) is 5.91 Å². The molecule has 1 amide bonds. The monoisotopic (exact) mass is 442 g/mol. The standard InChI is InChI=1S/C24H19FN6O2/c1-13-4-5-16(9-26-13)17-10-27-24-30-21(12-31(24)11-17)19-8-18(6-7-20(19)25)29-23(32)22-14(2)28-15(3)33-22/h4-12H,1-3H3,(H,29,32). The maximum atomic E-state index is 14.7. The van der Waals surface area contributed by atoms with Crippen molar-refractivity contribution < 1.29 is 13.6 Å². The quantitative estimate of drug-likeness (QED) is 0.431. The lowest BCUT2D eigenvalue weighted by Gasteiger charge is -2.06. The van der Waals surface area contributed by atoms with Crippen LogP contribution in [0.3, 0.4) is 0 Å². The number of rotatable bonds is 4. The highest BCUT2D eigenvalue weighted by Crippen LogP contribution is 2.27. The van der Waals surface area contributed by atoms with Gasteiger partial charge in [-0.1, -0.05) is 6.07 Å². The lowest BCUT2D eigenvalue weighted by molar-refractivity contribution is 0.0994. The first kappa shape index (κ1) is 20.5. The zero-order valence-electron chi connectivity index (χ0n) is 18.1. The van der Waals surface area contributed by atoms with E-state index in [4.69, 9.17) is 4.42 Å². The molecule has 4 aromatic heterocycles. The molecule has 8 nitrogen and oxygen atoms in total. The van der Waals surface area contributed by atoms with Crippen LogP contribution in [0.1, 0.15) is 27.8 Å². The van der Waals surface area contributed by atoms with E-state index in [0.717, 1.165) is 16.8 Å². The number of hydrogen-bond donors (Lipinski definition) is 1. The third-order valence-electron chi connectivity index (χ3n) is 5.16. The van der Waals surface area contributed by atoms with E-state index in [-0.39, 0.29) is 11.3 Å². The summed E-state index contributed by atoms with van der Waals surface area (Å²) >= 11 is 0. The van der Waals surface area contributed by atoms with Crippen LogP contribution in [0.5, 0.6) is 0 Å². The van der Waals surface area contributed by atoms with Crippen LogP contribution < -0.4 is 5.32 Å². The number of anilines is 1. The van der Waals surface area contributed by atoms with Gasteiger partial charge in [0, 0.05) is 59.8 Å². The Labute approximate surface area is 188 Å². The van der Waals surface area contributed by atoms with Crippen molar-refractivity contribution in [1.82, 2.24) is 24.3 Å². The Balaban J connectivity index is 1.47. The first-order chi connectivity index (χ1) is 15.9. The number of oxazole rings is 1. The molecular formula is C24H19FN6O2. The summed E-state index contributed by atoms with van der Waals surface area (Å²) in [6, 6.07) is 8.18. The van der Waals surface area contributed by atoms with E-state index in [2.05, 4.69) is 25.3 Å². The minimum atomic E-state index is -0.467. The number of aryl methyl sites for hydroxylation is 3. The van der Waals surface area contributed by atoms with Gasteiger partial charge in [0.15, 0.2) is 5.89 Å². The van der Waals surface area contributed by atoms with Crippen molar-refractivity contribution in [3.05, 3.63) is 84.0 Å². The SMILES string of the molecule is Cc1ccc(-c2cnc3nc(-c4cc(NC(=O)c5oc(C)nc5C)ccc4F)cn3c2)cn1. The Bertz CT molecular complexity index is 1500. The largest absolute Gasteiger partial charge is 0.436 e. The Morgan fingerprint density at radius 1 is 1.00 bits per heavy atom. The number of benzene rings is 1. The molecule has 0 fully saturated rings. The van der Waals surface area contributed by atoms with E-state index in [1.165, 1.54) is 18.2 Å². The molecule has 0 saturated heterocycles. The number of fused-ring (bicyclic) bond motifs is 1. The minimum absolute atomic E-state index is 0.119. The predicted molar refractivity (Wildman–Crippen MR) is 120 cm³/mol. The molecule has 164 valence electrons. The van der Waals surface area contributed by atoms with Gasteiger partial charge in [-0.25, -0.2) is 19.3 Å². The van der Waals surface area contributed by atoms with E-state index in [1.54, 1.807) is 36.8 Å². The number of hydrogen-bond acceptors (Lipinski definition) is 6. The van der Waals surface area contributed by atoms with Gasteiger partial charge < -0.3 is 9.73 Å². The molecule has 0 aliphatic carbocycles. The van der Waals surface area contributed by atoms with E-state index in [9.17, 15) is 9.18 Å². The van der Waals surface area contributed by atoms with E-state index < -0.39 is 11.7 Å². The zero-order valence-corrected chi connectivity index (χ0v) is 18.1. The van der Waals surface area contributed by atoms with Gasteiger partial charge >= 0.3 is 0 Å². The number of carbonyl (C=O) groups excluding carboxylic acids is 1. The molecule has 1 aromatic carbocycles. The average molecular weight is 442 g/mol. The first-order valence-electron chi connectivity index (χ1n) is 10.2. The van der Waals surface area contributed by atoms with Crippen molar-refractivity contribution in [2.45, 2.75) is 20.8 Å². The third-order valence-corrected chi connectivity index (χ3v) is 5.16. The highest BCUT2D eigenvalue weighted by Gasteiger charge is 2.18. The highest BCUT2D eigenvalue weighted by atomic mass is 19.1. The van der Waals surface area contributed by atoms with Crippen LogP contribution in [0.25, 0.3) is 28.2 Å². The molecule has 0 atom stereocenters. The number of halogens is 1. The summed E-state index contributed by atoms with van der Waals surface area (Å²) in [5.41, 5.74) is 4.22. The van der Waals surface area contributed by atoms with Gasteiger partial charge in [0.1, 0.15) is 5.82 Å². The second kappa shape index (κ2) is 7.94. The van der Waals surface area contributed by atoms with Crippen molar-refractivity contribution in [2.75, 3.05) is 5.32 Å². The highest BCUT2D eigenvalue weighted by molar-refractivity contribution is 6.03. The Morgan fingerprint density at radius 3 is 2.55 bits per heavy atom. The predicted octanol–water partition coefficient (Wildman–Crippen LogP) is 4.76. The normalized spacial score (nSPS) is 11.2. The van der Waals surface area contributed by atoms with Gasteiger partial charge in [-0.05, 0) is 38.1 Å². The van der Waals surface area contributed by atoms with Crippen molar-refractivity contribution in [3.63, 3.8) is 0 Å². The van der Waals surface area contributed by atoms with Crippen LogP contribution in [0.2, 0.25) is 0 Å². The molecule has 9 heteroatoms. The van der Waals surface area contributed by atoms with Gasteiger partial charge in [0.2, 0.25) is 11.5 Å². The summed E-state index contributed by atoms with van der Waals surface area (Å²) < 4.78 is 21.8. The summed E-state index contributed by atoms with van der Waals surface area (Å²) in [5, 5.41) is 2.72. The maximum Gasteiger partial charge on any atom is 0.293 e.